The molecule has 4 heteroatoms. The van der Waals surface area contributed by atoms with Gasteiger partial charge in [0.25, 0.3) is 5.56 Å². The highest BCUT2D eigenvalue weighted by Crippen LogP contribution is 2.31. The molecule has 3 nitrogen and oxygen atoms in total. The maximum Gasteiger partial charge on any atom is 0.263 e. The third kappa shape index (κ3) is 2.34. The first kappa shape index (κ1) is 14.6. The smallest absolute Gasteiger partial charge is 0.263 e. The van der Waals surface area contributed by atoms with Crippen molar-refractivity contribution in [1.82, 2.24) is 9.55 Å². The van der Waals surface area contributed by atoms with Crippen molar-refractivity contribution in [2.75, 3.05) is 0 Å². The Balaban J connectivity index is 2.25. The second kappa shape index (κ2) is 5.78. The van der Waals surface area contributed by atoms with Crippen molar-refractivity contribution in [3.8, 4) is 23.5 Å². The van der Waals surface area contributed by atoms with Crippen LogP contribution in [0.3, 0.4) is 0 Å². The number of rotatable bonds is 3. The molecule has 2 heterocycles. The number of benzene rings is 1. The Hall–Kier alpha value is -2.38. The van der Waals surface area contributed by atoms with Crippen molar-refractivity contribution in [2.45, 2.75) is 26.8 Å². The van der Waals surface area contributed by atoms with Gasteiger partial charge in [-0.2, -0.15) is 0 Å². The zero-order chi connectivity index (χ0) is 15.7. The van der Waals surface area contributed by atoms with Gasteiger partial charge in [-0.25, -0.2) is 4.98 Å². The van der Waals surface area contributed by atoms with Gasteiger partial charge in [-0.15, -0.1) is 17.8 Å². The average molecular weight is 308 g/mol. The van der Waals surface area contributed by atoms with Crippen molar-refractivity contribution in [1.29, 1.82) is 0 Å². The normalized spacial score (nSPS) is 10.8. The van der Waals surface area contributed by atoms with Gasteiger partial charge in [0, 0.05) is 10.9 Å². The quantitative estimate of drug-likeness (QED) is 0.693. The van der Waals surface area contributed by atoms with Crippen molar-refractivity contribution in [3.63, 3.8) is 0 Å². The fourth-order valence-corrected chi connectivity index (χ4v) is 3.52. The predicted molar refractivity (Wildman–Crippen MR) is 92.3 cm³/mol. The minimum atomic E-state index is -0.0590. The minimum absolute atomic E-state index is 0.0590. The maximum atomic E-state index is 12.8. The first-order chi connectivity index (χ1) is 10.7. The van der Waals surface area contributed by atoms with E-state index < -0.39 is 0 Å². The van der Waals surface area contributed by atoms with Crippen molar-refractivity contribution in [3.05, 3.63) is 51.4 Å². The van der Waals surface area contributed by atoms with E-state index in [0.717, 1.165) is 22.4 Å². The molecule has 0 saturated carbocycles. The van der Waals surface area contributed by atoms with E-state index in [1.807, 2.05) is 12.3 Å². The molecule has 0 amide bonds. The number of aromatic nitrogens is 2. The third-order valence-corrected chi connectivity index (χ3v) is 4.68. The molecule has 0 N–H and O–H groups in total. The summed E-state index contributed by atoms with van der Waals surface area (Å²) >= 11 is 1.50. The number of fused-ring (bicyclic) bond motifs is 1. The van der Waals surface area contributed by atoms with E-state index >= 15 is 0 Å². The molecule has 1 aromatic carbocycles. The fraction of sp³-hybridized carbons (Fsp3) is 0.222. The second-order valence-corrected chi connectivity index (χ2v) is 5.99. The molecule has 2 aromatic heterocycles. The van der Waals surface area contributed by atoms with Crippen LogP contribution in [0.5, 0.6) is 0 Å². The zero-order valence-electron chi connectivity index (χ0n) is 12.6. The lowest BCUT2D eigenvalue weighted by Gasteiger charge is -2.07. The molecular weight excluding hydrogens is 292 g/mol. The molecule has 0 saturated heterocycles. The molecule has 110 valence electrons. The summed E-state index contributed by atoms with van der Waals surface area (Å²) in [5.74, 6) is 3.18. The van der Waals surface area contributed by atoms with E-state index in [-0.39, 0.29) is 12.1 Å². The van der Waals surface area contributed by atoms with Gasteiger partial charge >= 0.3 is 0 Å². The van der Waals surface area contributed by atoms with Crippen LogP contribution in [0.25, 0.3) is 21.3 Å². The Bertz CT molecular complexity index is 927. The minimum Gasteiger partial charge on any atom is -0.284 e. The Morgan fingerprint density at radius 1 is 1.32 bits per heavy atom. The molecule has 0 atom stereocenters. The lowest BCUT2D eigenvalue weighted by atomic mass is 10.0. The highest BCUT2D eigenvalue weighted by Gasteiger charge is 2.14. The number of terminal acetylenes is 1. The summed E-state index contributed by atoms with van der Waals surface area (Å²) in [5, 5.41) is 2.66. The summed E-state index contributed by atoms with van der Waals surface area (Å²) in [5.41, 5.74) is 3.20. The van der Waals surface area contributed by atoms with Crippen molar-refractivity contribution in [2.24, 2.45) is 0 Å². The molecule has 0 aliphatic heterocycles. The Morgan fingerprint density at radius 2 is 2.05 bits per heavy atom. The van der Waals surface area contributed by atoms with Gasteiger partial charge in [0.05, 0.1) is 11.9 Å². The zero-order valence-corrected chi connectivity index (χ0v) is 13.4. The first-order valence-corrected chi connectivity index (χ1v) is 8.05. The van der Waals surface area contributed by atoms with Gasteiger partial charge < -0.3 is 0 Å². The molecule has 0 aliphatic carbocycles. The third-order valence-electron chi connectivity index (χ3n) is 3.81. The molecule has 3 rings (SSSR count). The molecule has 0 radical (unpaired) electrons. The van der Waals surface area contributed by atoms with Crippen LogP contribution in [0.2, 0.25) is 0 Å². The lowest BCUT2D eigenvalue weighted by Crippen LogP contribution is -2.23. The fourth-order valence-electron chi connectivity index (χ4n) is 2.54. The highest BCUT2D eigenvalue weighted by atomic mass is 32.1. The first-order valence-electron chi connectivity index (χ1n) is 7.17. The van der Waals surface area contributed by atoms with Gasteiger partial charge in [0.2, 0.25) is 0 Å². The van der Waals surface area contributed by atoms with Gasteiger partial charge in [0.15, 0.2) is 0 Å². The number of aryl methyl sites for hydroxylation is 2. The summed E-state index contributed by atoms with van der Waals surface area (Å²) < 4.78 is 1.55. The topological polar surface area (TPSA) is 34.9 Å². The highest BCUT2D eigenvalue weighted by molar-refractivity contribution is 7.17. The predicted octanol–water partition coefficient (Wildman–Crippen LogP) is 3.63. The molecule has 0 aliphatic rings. The number of hydrogen-bond acceptors (Lipinski definition) is 3. The van der Waals surface area contributed by atoms with Gasteiger partial charge in [-0.3, -0.25) is 9.36 Å². The molecule has 0 fully saturated rings. The maximum absolute atomic E-state index is 12.8. The van der Waals surface area contributed by atoms with E-state index in [0.29, 0.717) is 11.2 Å². The summed E-state index contributed by atoms with van der Waals surface area (Å²) in [7, 11) is 0. The molecule has 22 heavy (non-hydrogen) atoms. The molecule has 3 aromatic rings. The number of thiophene rings is 1. The molecular formula is C18H16N2OS. The summed E-state index contributed by atoms with van der Waals surface area (Å²) in [6, 6.07) is 8.32. The lowest BCUT2D eigenvalue weighted by molar-refractivity contribution is 0.743. The Labute approximate surface area is 133 Å². The number of hydrogen-bond donors (Lipinski definition) is 0. The second-order valence-electron chi connectivity index (χ2n) is 5.13. The standard InChI is InChI=1S/C18H16N2OS/c1-4-10-20-12(3)19-17-16(18(20)21)15(11-22-17)14-8-6-13(5-2)7-9-14/h1,6-9,11H,5,10H2,2-3H3. The SMILES string of the molecule is C#CCn1c(C)nc2scc(-c3ccc(CC)cc3)c2c1=O. The average Bonchev–Trinajstić information content (AvgIpc) is 2.95. The van der Waals surface area contributed by atoms with Crippen molar-refractivity contribution >= 4 is 21.6 Å². The largest absolute Gasteiger partial charge is 0.284 e. The van der Waals surface area contributed by atoms with Crippen LogP contribution in [-0.2, 0) is 13.0 Å². The van der Waals surface area contributed by atoms with Crippen molar-refractivity contribution < 1.29 is 0 Å². The van der Waals surface area contributed by atoms with Crippen LogP contribution >= 0.6 is 11.3 Å². The van der Waals surface area contributed by atoms with Crippen LogP contribution in [0, 0.1) is 19.3 Å². The van der Waals surface area contributed by atoms with Crippen LogP contribution in [0.4, 0.5) is 0 Å². The summed E-state index contributed by atoms with van der Waals surface area (Å²) in [6.45, 7) is 4.19. The van der Waals surface area contributed by atoms with E-state index in [2.05, 4.69) is 42.1 Å². The van der Waals surface area contributed by atoms with E-state index in [1.165, 1.54) is 16.9 Å². The van der Waals surface area contributed by atoms with E-state index in [1.54, 1.807) is 4.57 Å². The van der Waals surface area contributed by atoms with Crippen LogP contribution < -0.4 is 5.56 Å². The van der Waals surface area contributed by atoms with Crippen LogP contribution in [0.15, 0.2) is 34.4 Å². The summed E-state index contributed by atoms with van der Waals surface area (Å²) in [4.78, 5) is 18.0. The van der Waals surface area contributed by atoms with Gasteiger partial charge in [-0.05, 0) is 24.5 Å². The van der Waals surface area contributed by atoms with Gasteiger partial charge in [0.1, 0.15) is 10.7 Å². The van der Waals surface area contributed by atoms with E-state index in [9.17, 15) is 4.79 Å². The van der Waals surface area contributed by atoms with E-state index in [4.69, 9.17) is 6.42 Å². The number of nitrogens with zero attached hydrogens (tertiary/aromatic N) is 2. The summed E-state index contributed by atoms with van der Waals surface area (Å²) in [6.07, 6.45) is 6.36. The molecule has 0 bridgehead atoms. The monoisotopic (exact) mass is 308 g/mol. The van der Waals surface area contributed by atoms with Crippen LogP contribution in [0.1, 0.15) is 18.3 Å². The van der Waals surface area contributed by atoms with Crippen LogP contribution in [-0.4, -0.2) is 9.55 Å². The Kier molecular flexibility index (Phi) is 3.82. The Morgan fingerprint density at radius 3 is 2.68 bits per heavy atom. The molecule has 0 spiro atoms. The molecule has 0 unspecified atom stereocenters. The van der Waals surface area contributed by atoms with Gasteiger partial charge in [-0.1, -0.05) is 37.1 Å².